The lowest BCUT2D eigenvalue weighted by Gasteiger charge is -2.01. The molecule has 0 spiro atoms. The van der Waals surface area contributed by atoms with Crippen molar-refractivity contribution in [1.82, 2.24) is 0 Å². The van der Waals surface area contributed by atoms with Gasteiger partial charge in [0.05, 0.1) is 21.7 Å². The number of nitrogens with two attached hydrogens (primary N) is 2. The standard InChI is InChI=1S/C8H7NO4.C7H6ClNO2/c9-6-2-1-4(7(10)11)3-5(6)8(12)13;8-6-3-4(9)1-2-5(6)7(10)11/h1-3H,9H2,(H,10,11)(H,12,13);1-3H,9H2,(H,10,11). The fourth-order valence-corrected chi connectivity index (χ4v) is 1.85. The lowest BCUT2D eigenvalue weighted by molar-refractivity contribution is 0.0682. The Morgan fingerprint density at radius 3 is 1.83 bits per heavy atom. The minimum atomic E-state index is -1.24. The van der Waals surface area contributed by atoms with Crippen LogP contribution in [0.3, 0.4) is 0 Å². The summed E-state index contributed by atoms with van der Waals surface area (Å²) in [5, 5.41) is 25.8. The minimum absolute atomic E-state index is 0.0532. The van der Waals surface area contributed by atoms with Crippen LogP contribution in [0.4, 0.5) is 11.4 Å². The van der Waals surface area contributed by atoms with Gasteiger partial charge in [0.1, 0.15) is 0 Å². The molecule has 0 bridgehead atoms. The van der Waals surface area contributed by atoms with Crippen LogP contribution in [0.25, 0.3) is 0 Å². The largest absolute Gasteiger partial charge is 0.478 e. The van der Waals surface area contributed by atoms with Crippen molar-refractivity contribution in [3.63, 3.8) is 0 Å². The molecule has 0 saturated heterocycles. The number of carboxylic acids is 3. The summed E-state index contributed by atoms with van der Waals surface area (Å²) >= 11 is 5.56. The van der Waals surface area contributed by atoms with Crippen LogP contribution in [0.15, 0.2) is 36.4 Å². The molecule has 0 aliphatic carbocycles. The molecule has 0 aliphatic rings. The van der Waals surface area contributed by atoms with Gasteiger partial charge in [-0.1, -0.05) is 11.6 Å². The van der Waals surface area contributed by atoms with Gasteiger partial charge in [0.25, 0.3) is 0 Å². The smallest absolute Gasteiger partial charge is 0.337 e. The summed E-state index contributed by atoms with van der Waals surface area (Å²) in [4.78, 5) is 31.4. The zero-order chi connectivity index (χ0) is 18.4. The molecule has 126 valence electrons. The number of halogens is 1. The molecule has 0 atom stereocenters. The maximum Gasteiger partial charge on any atom is 0.337 e. The van der Waals surface area contributed by atoms with E-state index in [1.165, 1.54) is 30.3 Å². The predicted molar refractivity (Wildman–Crippen MR) is 87.6 cm³/mol. The first-order valence-electron chi connectivity index (χ1n) is 6.28. The molecule has 0 saturated carbocycles. The maximum absolute atomic E-state index is 10.5. The highest BCUT2D eigenvalue weighted by molar-refractivity contribution is 6.33. The number of rotatable bonds is 3. The van der Waals surface area contributed by atoms with Gasteiger partial charge >= 0.3 is 17.9 Å². The average Bonchev–Trinajstić information content (AvgIpc) is 2.47. The highest BCUT2D eigenvalue weighted by Crippen LogP contribution is 2.18. The van der Waals surface area contributed by atoms with Crippen molar-refractivity contribution in [2.75, 3.05) is 11.5 Å². The Hall–Kier alpha value is -3.26. The van der Waals surface area contributed by atoms with Gasteiger partial charge in [-0.2, -0.15) is 0 Å². The van der Waals surface area contributed by atoms with Gasteiger partial charge in [0.15, 0.2) is 0 Å². The van der Waals surface area contributed by atoms with E-state index < -0.39 is 17.9 Å². The van der Waals surface area contributed by atoms with E-state index in [4.69, 9.17) is 38.4 Å². The Kier molecular flexibility index (Phi) is 6.14. The van der Waals surface area contributed by atoms with E-state index in [9.17, 15) is 14.4 Å². The number of nitrogen functional groups attached to an aromatic ring is 2. The monoisotopic (exact) mass is 352 g/mol. The third kappa shape index (κ3) is 4.89. The number of carboxylic acid groups (broad SMARTS) is 3. The maximum atomic E-state index is 10.5. The topological polar surface area (TPSA) is 164 Å². The van der Waals surface area contributed by atoms with Gasteiger partial charge in [-0.3, -0.25) is 0 Å². The van der Waals surface area contributed by atoms with Crippen LogP contribution in [0, 0.1) is 0 Å². The van der Waals surface area contributed by atoms with Gasteiger partial charge in [0.2, 0.25) is 0 Å². The fourth-order valence-electron chi connectivity index (χ4n) is 1.58. The lowest BCUT2D eigenvalue weighted by Crippen LogP contribution is -2.05. The van der Waals surface area contributed by atoms with Gasteiger partial charge in [0, 0.05) is 11.4 Å². The normalized spacial score (nSPS) is 9.54. The molecule has 0 amide bonds. The van der Waals surface area contributed by atoms with Crippen molar-refractivity contribution in [2.45, 2.75) is 0 Å². The van der Waals surface area contributed by atoms with Crippen molar-refractivity contribution < 1.29 is 29.7 Å². The summed E-state index contributed by atoms with van der Waals surface area (Å²) in [6.07, 6.45) is 0. The second kappa shape index (κ2) is 7.84. The molecule has 2 aromatic rings. The van der Waals surface area contributed by atoms with E-state index in [2.05, 4.69) is 0 Å². The van der Waals surface area contributed by atoms with E-state index >= 15 is 0 Å². The van der Waals surface area contributed by atoms with Crippen molar-refractivity contribution in [2.24, 2.45) is 0 Å². The summed E-state index contributed by atoms with van der Waals surface area (Å²) in [6, 6.07) is 7.82. The van der Waals surface area contributed by atoms with E-state index in [0.717, 1.165) is 6.07 Å². The second-order valence-corrected chi connectivity index (χ2v) is 4.86. The van der Waals surface area contributed by atoms with E-state index in [-0.39, 0.29) is 27.4 Å². The summed E-state index contributed by atoms with van der Waals surface area (Å²) in [7, 11) is 0. The van der Waals surface area contributed by atoms with Crippen molar-refractivity contribution in [3.05, 3.63) is 58.1 Å². The summed E-state index contributed by atoms with van der Waals surface area (Å²) in [5.41, 5.74) is 11.0. The number of carbonyl (C=O) groups is 3. The lowest BCUT2D eigenvalue weighted by atomic mass is 10.1. The Morgan fingerprint density at radius 1 is 0.792 bits per heavy atom. The average molecular weight is 353 g/mol. The molecule has 0 aromatic heterocycles. The van der Waals surface area contributed by atoms with E-state index in [1.54, 1.807) is 0 Å². The van der Waals surface area contributed by atoms with Crippen molar-refractivity contribution >= 4 is 40.9 Å². The molecule has 24 heavy (non-hydrogen) atoms. The molecule has 7 N–H and O–H groups in total. The van der Waals surface area contributed by atoms with Crippen LogP contribution < -0.4 is 11.5 Å². The number of benzene rings is 2. The summed E-state index contributed by atoms with van der Waals surface area (Å²) in [5.74, 6) is -3.46. The van der Waals surface area contributed by atoms with Gasteiger partial charge in [-0.05, 0) is 36.4 Å². The van der Waals surface area contributed by atoms with Gasteiger partial charge < -0.3 is 26.8 Å². The second-order valence-electron chi connectivity index (χ2n) is 4.46. The van der Waals surface area contributed by atoms with Crippen molar-refractivity contribution in [3.8, 4) is 0 Å². The number of hydrogen-bond acceptors (Lipinski definition) is 5. The Labute approximate surface area is 140 Å². The summed E-state index contributed by atoms with van der Waals surface area (Å²) in [6.45, 7) is 0. The SMILES string of the molecule is Nc1ccc(C(=O)O)c(Cl)c1.Nc1ccc(C(=O)O)cc1C(=O)O. The molecule has 0 heterocycles. The first-order valence-corrected chi connectivity index (χ1v) is 6.65. The molecule has 0 aliphatic heterocycles. The number of aromatic carboxylic acids is 3. The summed E-state index contributed by atoms with van der Waals surface area (Å²) < 4.78 is 0. The first-order chi connectivity index (χ1) is 11.1. The van der Waals surface area contributed by atoms with E-state index in [1.807, 2.05) is 0 Å². The Morgan fingerprint density at radius 2 is 1.38 bits per heavy atom. The molecule has 0 radical (unpaired) electrons. The third-order valence-electron chi connectivity index (χ3n) is 2.75. The molecule has 8 nitrogen and oxygen atoms in total. The zero-order valence-corrected chi connectivity index (χ0v) is 12.8. The molecule has 0 fully saturated rings. The fraction of sp³-hybridized carbons (Fsp3) is 0. The minimum Gasteiger partial charge on any atom is -0.478 e. The van der Waals surface area contributed by atoms with Crippen LogP contribution in [0.2, 0.25) is 5.02 Å². The van der Waals surface area contributed by atoms with E-state index in [0.29, 0.717) is 5.69 Å². The Balaban J connectivity index is 0.000000243. The zero-order valence-electron chi connectivity index (χ0n) is 12.1. The van der Waals surface area contributed by atoms with Crippen molar-refractivity contribution in [1.29, 1.82) is 0 Å². The van der Waals surface area contributed by atoms with Gasteiger partial charge in [-0.15, -0.1) is 0 Å². The molecular formula is C15H13ClN2O6. The molecule has 0 unspecified atom stereocenters. The van der Waals surface area contributed by atoms with Crippen LogP contribution >= 0.6 is 11.6 Å². The van der Waals surface area contributed by atoms with Crippen LogP contribution in [0.1, 0.15) is 31.1 Å². The first kappa shape index (κ1) is 18.8. The molecule has 9 heteroatoms. The molecule has 2 rings (SSSR count). The Bertz CT molecular complexity index is 807. The highest BCUT2D eigenvalue weighted by Gasteiger charge is 2.11. The quantitative estimate of drug-likeness (QED) is 0.525. The number of anilines is 2. The molecular weight excluding hydrogens is 340 g/mol. The highest BCUT2D eigenvalue weighted by atomic mass is 35.5. The third-order valence-corrected chi connectivity index (χ3v) is 3.07. The predicted octanol–water partition coefficient (Wildman–Crippen LogP) is 2.29. The van der Waals surface area contributed by atoms with Crippen LogP contribution in [0.5, 0.6) is 0 Å². The van der Waals surface area contributed by atoms with Gasteiger partial charge in [-0.25, -0.2) is 14.4 Å². The molecule has 2 aromatic carbocycles. The van der Waals surface area contributed by atoms with Crippen LogP contribution in [-0.2, 0) is 0 Å². The van der Waals surface area contributed by atoms with Crippen LogP contribution in [-0.4, -0.2) is 33.2 Å². The number of hydrogen-bond donors (Lipinski definition) is 5.